The van der Waals surface area contributed by atoms with Crippen LogP contribution in [-0.2, 0) is 4.74 Å². The molecule has 3 aliphatic rings. The second-order valence-electron chi connectivity index (χ2n) is 9.13. The minimum Gasteiger partial charge on any atom is -0.396 e. The third-order valence-electron chi connectivity index (χ3n) is 7.21. The van der Waals surface area contributed by atoms with Crippen LogP contribution in [0.2, 0.25) is 0 Å². The zero-order chi connectivity index (χ0) is 19.9. The lowest BCUT2D eigenvalue weighted by atomic mass is 9.83. The fourth-order valence-electron chi connectivity index (χ4n) is 5.06. The van der Waals surface area contributed by atoms with E-state index in [2.05, 4.69) is 32.5 Å². The molecule has 0 aromatic heterocycles. The topological polar surface area (TPSA) is 72.4 Å². The van der Waals surface area contributed by atoms with E-state index in [1.165, 1.54) is 58.3 Å². The number of likely N-dealkylation sites (tertiary alicyclic amines) is 2. The van der Waals surface area contributed by atoms with Gasteiger partial charge < -0.3 is 25.4 Å². The van der Waals surface area contributed by atoms with E-state index >= 15 is 0 Å². The number of nitrogens with one attached hydrogen (secondary N) is 2. The smallest absolute Gasteiger partial charge is 0.191 e. The van der Waals surface area contributed by atoms with E-state index in [1.54, 1.807) is 0 Å². The van der Waals surface area contributed by atoms with E-state index in [9.17, 15) is 5.11 Å². The van der Waals surface area contributed by atoms with Crippen molar-refractivity contribution in [3.8, 4) is 0 Å². The van der Waals surface area contributed by atoms with Crippen molar-refractivity contribution in [2.24, 2.45) is 10.4 Å². The lowest BCUT2D eigenvalue weighted by Crippen LogP contribution is -2.62. The normalized spacial score (nSPS) is 28.7. The van der Waals surface area contributed by atoms with Gasteiger partial charge in [0.25, 0.3) is 0 Å². The van der Waals surface area contributed by atoms with Crippen LogP contribution in [0.15, 0.2) is 4.99 Å². The van der Waals surface area contributed by atoms with E-state index in [0.717, 1.165) is 45.1 Å². The Labute approximate surface area is 194 Å². The second-order valence-corrected chi connectivity index (χ2v) is 9.13. The molecule has 0 spiro atoms. The number of halogens is 1. The summed E-state index contributed by atoms with van der Waals surface area (Å²) in [7, 11) is 4.08. The number of piperidine rings is 2. The molecule has 170 valence electrons. The van der Waals surface area contributed by atoms with Gasteiger partial charge in [0.05, 0.1) is 6.61 Å². The molecular formula is C21H42IN5O2. The van der Waals surface area contributed by atoms with E-state index < -0.39 is 0 Å². The molecule has 0 aromatic carbocycles. The summed E-state index contributed by atoms with van der Waals surface area (Å²) in [6.07, 6.45) is 8.24. The summed E-state index contributed by atoms with van der Waals surface area (Å²) in [4.78, 5) is 9.68. The summed E-state index contributed by atoms with van der Waals surface area (Å²) in [5, 5.41) is 16.6. The maximum absolute atomic E-state index is 9.45. The highest BCUT2D eigenvalue weighted by Crippen LogP contribution is 2.32. The highest BCUT2D eigenvalue weighted by molar-refractivity contribution is 14.0. The van der Waals surface area contributed by atoms with Gasteiger partial charge in [0, 0.05) is 44.3 Å². The summed E-state index contributed by atoms with van der Waals surface area (Å²) in [5.74, 6) is 0.875. The van der Waals surface area contributed by atoms with Crippen LogP contribution in [0, 0.1) is 5.41 Å². The first kappa shape index (κ1) is 25.1. The Kier molecular flexibility index (Phi) is 10.4. The molecular weight excluding hydrogens is 481 g/mol. The Morgan fingerprint density at radius 2 is 1.72 bits per heavy atom. The van der Waals surface area contributed by atoms with Gasteiger partial charge in [-0.05, 0) is 71.8 Å². The maximum Gasteiger partial charge on any atom is 0.191 e. The highest BCUT2D eigenvalue weighted by Gasteiger charge is 2.40. The molecule has 0 radical (unpaired) electrons. The summed E-state index contributed by atoms with van der Waals surface area (Å²) < 4.78 is 5.62. The number of ether oxygens (including phenoxy) is 1. The SMILES string of the molecule is CN=C(NCC1(CCO)CCOC1)NCC1(N2CCCCC2)CCN(C)CC1.I. The Bertz CT molecular complexity index is 499. The van der Waals surface area contributed by atoms with Gasteiger partial charge in [0.1, 0.15) is 0 Å². The van der Waals surface area contributed by atoms with Crippen LogP contribution in [0.5, 0.6) is 0 Å². The molecule has 7 nitrogen and oxygen atoms in total. The summed E-state index contributed by atoms with van der Waals surface area (Å²) in [6.45, 7) is 8.27. The molecule has 0 saturated carbocycles. The van der Waals surface area contributed by atoms with Crippen molar-refractivity contribution in [2.75, 3.05) is 73.2 Å². The number of rotatable bonds is 7. The first-order valence-electron chi connectivity index (χ1n) is 11.2. The average molecular weight is 524 g/mol. The van der Waals surface area contributed by atoms with Gasteiger partial charge in [-0.2, -0.15) is 0 Å². The van der Waals surface area contributed by atoms with Crippen LogP contribution in [0.25, 0.3) is 0 Å². The lowest BCUT2D eigenvalue weighted by molar-refractivity contribution is 0.0172. The van der Waals surface area contributed by atoms with Crippen LogP contribution in [0.1, 0.15) is 44.9 Å². The van der Waals surface area contributed by atoms with E-state index in [-0.39, 0.29) is 41.5 Å². The maximum atomic E-state index is 9.45. The van der Waals surface area contributed by atoms with Crippen LogP contribution in [0.3, 0.4) is 0 Å². The molecule has 3 heterocycles. The molecule has 29 heavy (non-hydrogen) atoms. The van der Waals surface area contributed by atoms with Crippen LogP contribution < -0.4 is 10.6 Å². The van der Waals surface area contributed by atoms with E-state index in [1.807, 2.05) is 7.05 Å². The van der Waals surface area contributed by atoms with Crippen molar-refractivity contribution in [3.63, 3.8) is 0 Å². The molecule has 3 N–H and O–H groups in total. The third kappa shape index (κ3) is 6.66. The van der Waals surface area contributed by atoms with Crippen LogP contribution >= 0.6 is 24.0 Å². The van der Waals surface area contributed by atoms with Crippen molar-refractivity contribution in [1.82, 2.24) is 20.4 Å². The first-order valence-corrected chi connectivity index (χ1v) is 11.2. The molecule has 0 bridgehead atoms. The highest BCUT2D eigenvalue weighted by atomic mass is 127. The summed E-state index contributed by atoms with van der Waals surface area (Å²) in [5.41, 5.74) is 0.272. The fourth-order valence-corrected chi connectivity index (χ4v) is 5.06. The Morgan fingerprint density at radius 3 is 2.31 bits per heavy atom. The third-order valence-corrected chi connectivity index (χ3v) is 7.21. The molecule has 3 fully saturated rings. The second kappa shape index (κ2) is 12.0. The van der Waals surface area contributed by atoms with Crippen molar-refractivity contribution in [1.29, 1.82) is 0 Å². The van der Waals surface area contributed by atoms with Gasteiger partial charge in [-0.3, -0.25) is 9.89 Å². The lowest BCUT2D eigenvalue weighted by Gasteiger charge is -2.50. The molecule has 8 heteroatoms. The standard InChI is InChI=1S/C21H41N5O2.HI/c1-22-19(23-16-20(8-14-27)9-15-28-18-20)24-17-21(6-12-25(2)13-7-21)26-10-4-3-5-11-26;/h27H,3-18H2,1-2H3,(H2,22,23,24);1H. The fraction of sp³-hybridized carbons (Fsp3) is 0.952. The van der Waals surface area contributed by atoms with Crippen molar-refractivity contribution in [2.45, 2.75) is 50.5 Å². The van der Waals surface area contributed by atoms with E-state index in [4.69, 9.17) is 4.74 Å². The Morgan fingerprint density at radius 1 is 1.03 bits per heavy atom. The predicted molar refractivity (Wildman–Crippen MR) is 129 cm³/mol. The number of hydrogen-bond donors (Lipinski definition) is 3. The largest absolute Gasteiger partial charge is 0.396 e. The van der Waals surface area contributed by atoms with Crippen LogP contribution in [0.4, 0.5) is 0 Å². The number of aliphatic hydroxyl groups is 1. The van der Waals surface area contributed by atoms with Crippen molar-refractivity contribution < 1.29 is 9.84 Å². The minimum atomic E-state index is 0. The van der Waals surface area contributed by atoms with Gasteiger partial charge in [-0.1, -0.05) is 6.42 Å². The molecule has 3 saturated heterocycles. The average Bonchev–Trinajstić information content (AvgIpc) is 3.19. The van der Waals surface area contributed by atoms with Gasteiger partial charge >= 0.3 is 0 Å². The molecule has 1 unspecified atom stereocenters. The number of nitrogens with zero attached hydrogens (tertiary/aromatic N) is 3. The number of hydrogen-bond acceptors (Lipinski definition) is 5. The zero-order valence-corrected chi connectivity index (χ0v) is 20.7. The molecule has 1 atom stereocenters. The molecule has 0 amide bonds. The van der Waals surface area contributed by atoms with Gasteiger partial charge in [0.2, 0.25) is 0 Å². The molecule has 0 aliphatic carbocycles. The van der Waals surface area contributed by atoms with Gasteiger partial charge in [-0.25, -0.2) is 0 Å². The number of aliphatic imine (C=N–C) groups is 1. The van der Waals surface area contributed by atoms with Crippen molar-refractivity contribution in [3.05, 3.63) is 0 Å². The summed E-state index contributed by atoms with van der Waals surface area (Å²) >= 11 is 0. The Balaban J connectivity index is 0.00000300. The predicted octanol–water partition coefficient (Wildman–Crippen LogP) is 1.51. The zero-order valence-electron chi connectivity index (χ0n) is 18.4. The van der Waals surface area contributed by atoms with Gasteiger partial charge in [0.15, 0.2) is 5.96 Å². The molecule has 0 aromatic rings. The Hall–Kier alpha value is -0.160. The monoisotopic (exact) mass is 523 g/mol. The summed E-state index contributed by atoms with van der Waals surface area (Å²) in [6, 6.07) is 0. The first-order chi connectivity index (χ1) is 13.6. The molecule has 3 aliphatic heterocycles. The number of aliphatic hydroxyl groups excluding tert-OH is 1. The van der Waals surface area contributed by atoms with E-state index in [0.29, 0.717) is 0 Å². The van der Waals surface area contributed by atoms with Crippen LogP contribution in [-0.4, -0.2) is 99.6 Å². The van der Waals surface area contributed by atoms with Crippen molar-refractivity contribution >= 4 is 29.9 Å². The molecule has 3 rings (SSSR count). The quantitative estimate of drug-likeness (QED) is 0.267. The number of guanidine groups is 1. The minimum absolute atomic E-state index is 0. The van der Waals surface area contributed by atoms with Gasteiger partial charge in [-0.15, -0.1) is 24.0 Å².